The van der Waals surface area contributed by atoms with Crippen LogP contribution in [0.1, 0.15) is 37.7 Å². The zero-order valence-corrected chi connectivity index (χ0v) is 10.9. The van der Waals surface area contributed by atoms with Crippen LogP contribution in [0.25, 0.3) is 0 Å². The average Bonchev–Trinajstić information content (AvgIpc) is 2.33. The summed E-state index contributed by atoms with van der Waals surface area (Å²) in [5.74, 6) is -1.21. The minimum atomic E-state index is -0.757. The van der Waals surface area contributed by atoms with E-state index >= 15 is 0 Å². The van der Waals surface area contributed by atoms with Crippen molar-refractivity contribution in [3.63, 3.8) is 0 Å². The van der Waals surface area contributed by atoms with Crippen LogP contribution < -0.4 is 5.32 Å². The number of hydrogen-bond donors (Lipinski definition) is 2. The van der Waals surface area contributed by atoms with Gasteiger partial charge in [-0.3, -0.25) is 4.79 Å². The van der Waals surface area contributed by atoms with Crippen molar-refractivity contribution in [3.8, 4) is 0 Å². The lowest BCUT2D eigenvalue weighted by atomic mass is 9.70. The summed E-state index contributed by atoms with van der Waals surface area (Å²) < 4.78 is 0. The predicted molar refractivity (Wildman–Crippen MR) is 71.6 cm³/mol. The molecule has 3 nitrogen and oxygen atoms in total. The Morgan fingerprint density at radius 3 is 2.56 bits per heavy atom. The van der Waals surface area contributed by atoms with E-state index in [0.29, 0.717) is 12.0 Å². The Morgan fingerprint density at radius 2 is 2.06 bits per heavy atom. The summed E-state index contributed by atoms with van der Waals surface area (Å²) in [5.41, 5.74) is 1.26. The normalized spacial score (nSPS) is 18.9. The van der Waals surface area contributed by atoms with Crippen molar-refractivity contribution in [1.82, 2.24) is 5.32 Å². The Hall–Kier alpha value is -1.35. The molecular formula is C15H21NO2. The number of hydrogen-bond acceptors (Lipinski definition) is 2. The van der Waals surface area contributed by atoms with Crippen molar-refractivity contribution in [2.75, 3.05) is 13.1 Å². The molecule has 0 saturated heterocycles. The molecule has 2 rings (SSSR count). The monoisotopic (exact) mass is 247 g/mol. The van der Waals surface area contributed by atoms with E-state index in [1.807, 2.05) is 30.3 Å². The maximum atomic E-state index is 11.3. The molecule has 1 saturated carbocycles. The van der Waals surface area contributed by atoms with Crippen LogP contribution in [0.4, 0.5) is 0 Å². The van der Waals surface area contributed by atoms with Crippen molar-refractivity contribution in [2.45, 2.75) is 32.1 Å². The minimum absolute atomic E-state index is 0.389. The fourth-order valence-electron chi connectivity index (χ4n) is 2.51. The molecule has 0 aliphatic heterocycles. The highest BCUT2D eigenvalue weighted by molar-refractivity contribution is 5.76. The standard InChI is InChI=1S/C15H21NO2/c1-15(8-5-9-15)11-16-10-13(14(17)18)12-6-3-2-4-7-12/h2-4,6-7,13,16H,5,8-11H2,1H3,(H,17,18). The number of nitrogens with one attached hydrogen (secondary N) is 1. The van der Waals surface area contributed by atoms with Gasteiger partial charge < -0.3 is 10.4 Å². The van der Waals surface area contributed by atoms with Gasteiger partial charge >= 0.3 is 5.97 Å². The molecule has 1 atom stereocenters. The topological polar surface area (TPSA) is 49.3 Å². The molecule has 1 aliphatic rings. The maximum Gasteiger partial charge on any atom is 0.312 e. The number of benzene rings is 1. The summed E-state index contributed by atoms with van der Waals surface area (Å²) in [6.45, 7) is 3.69. The highest BCUT2D eigenvalue weighted by Gasteiger charge is 2.31. The first kappa shape index (κ1) is 13.1. The molecular weight excluding hydrogens is 226 g/mol. The van der Waals surface area contributed by atoms with E-state index in [1.54, 1.807) is 0 Å². The molecule has 1 aromatic rings. The van der Waals surface area contributed by atoms with Gasteiger partial charge in [-0.05, 0) is 23.8 Å². The molecule has 0 bridgehead atoms. The SMILES string of the molecule is CC1(CNCC(C(=O)O)c2ccccc2)CCC1. The molecule has 0 amide bonds. The number of rotatable bonds is 6. The van der Waals surface area contributed by atoms with Crippen LogP contribution in [0.5, 0.6) is 0 Å². The second-order valence-corrected chi connectivity index (χ2v) is 5.60. The first-order valence-electron chi connectivity index (χ1n) is 6.59. The van der Waals surface area contributed by atoms with Crippen LogP contribution in [0, 0.1) is 5.41 Å². The van der Waals surface area contributed by atoms with Gasteiger partial charge in [-0.1, -0.05) is 43.7 Å². The van der Waals surface area contributed by atoms with Gasteiger partial charge in [-0.2, -0.15) is 0 Å². The van der Waals surface area contributed by atoms with Gasteiger partial charge in [0.2, 0.25) is 0 Å². The molecule has 0 radical (unpaired) electrons. The van der Waals surface area contributed by atoms with Crippen LogP contribution in [-0.2, 0) is 4.79 Å². The van der Waals surface area contributed by atoms with Gasteiger partial charge in [0.15, 0.2) is 0 Å². The van der Waals surface area contributed by atoms with Gasteiger partial charge in [0.25, 0.3) is 0 Å². The Labute approximate surface area is 108 Å². The third-order valence-corrected chi connectivity index (χ3v) is 3.96. The fraction of sp³-hybridized carbons (Fsp3) is 0.533. The quantitative estimate of drug-likeness (QED) is 0.812. The van der Waals surface area contributed by atoms with Crippen LogP contribution in [0.15, 0.2) is 30.3 Å². The minimum Gasteiger partial charge on any atom is -0.481 e. The zero-order valence-electron chi connectivity index (χ0n) is 10.9. The number of carboxylic acid groups (broad SMARTS) is 1. The summed E-state index contributed by atoms with van der Waals surface area (Å²) in [5, 5.41) is 12.6. The molecule has 1 aromatic carbocycles. The zero-order chi connectivity index (χ0) is 13.0. The first-order chi connectivity index (χ1) is 8.61. The number of aliphatic carboxylic acids is 1. The molecule has 0 heterocycles. The van der Waals surface area contributed by atoms with Gasteiger partial charge in [-0.15, -0.1) is 0 Å². The molecule has 2 N–H and O–H groups in total. The molecule has 18 heavy (non-hydrogen) atoms. The molecule has 1 unspecified atom stereocenters. The lowest BCUT2D eigenvalue weighted by Gasteiger charge is -2.38. The molecule has 1 aliphatic carbocycles. The first-order valence-corrected chi connectivity index (χ1v) is 6.59. The Bertz CT molecular complexity index is 398. The lowest BCUT2D eigenvalue weighted by Crippen LogP contribution is -2.39. The number of carbonyl (C=O) groups is 1. The highest BCUT2D eigenvalue weighted by atomic mass is 16.4. The van der Waals surface area contributed by atoms with Crippen molar-refractivity contribution in [3.05, 3.63) is 35.9 Å². The lowest BCUT2D eigenvalue weighted by molar-refractivity contribution is -0.138. The van der Waals surface area contributed by atoms with E-state index in [9.17, 15) is 9.90 Å². The van der Waals surface area contributed by atoms with Crippen LogP contribution in [0.3, 0.4) is 0 Å². The van der Waals surface area contributed by atoms with Gasteiger partial charge in [-0.25, -0.2) is 0 Å². The van der Waals surface area contributed by atoms with Crippen molar-refractivity contribution in [2.24, 2.45) is 5.41 Å². The second-order valence-electron chi connectivity index (χ2n) is 5.60. The molecule has 3 heteroatoms. The average molecular weight is 247 g/mol. The summed E-state index contributed by atoms with van der Waals surface area (Å²) in [6, 6.07) is 9.44. The summed E-state index contributed by atoms with van der Waals surface area (Å²) >= 11 is 0. The highest BCUT2D eigenvalue weighted by Crippen LogP contribution is 2.39. The van der Waals surface area contributed by atoms with Gasteiger partial charge in [0.05, 0.1) is 5.92 Å². The van der Waals surface area contributed by atoms with Crippen molar-refractivity contribution >= 4 is 5.97 Å². The smallest absolute Gasteiger partial charge is 0.312 e. The van der Waals surface area contributed by atoms with E-state index < -0.39 is 11.9 Å². The van der Waals surface area contributed by atoms with E-state index in [0.717, 1.165) is 12.1 Å². The maximum absolute atomic E-state index is 11.3. The molecule has 0 aromatic heterocycles. The van der Waals surface area contributed by atoms with Crippen LogP contribution >= 0.6 is 0 Å². The largest absolute Gasteiger partial charge is 0.481 e. The van der Waals surface area contributed by atoms with Gasteiger partial charge in [0.1, 0.15) is 0 Å². The van der Waals surface area contributed by atoms with Crippen molar-refractivity contribution in [1.29, 1.82) is 0 Å². The van der Waals surface area contributed by atoms with E-state index in [2.05, 4.69) is 12.2 Å². The fourth-order valence-corrected chi connectivity index (χ4v) is 2.51. The predicted octanol–water partition coefficient (Wildman–Crippen LogP) is 2.63. The van der Waals surface area contributed by atoms with Gasteiger partial charge in [0, 0.05) is 13.1 Å². The summed E-state index contributed by atoms with van der Waals surface area (Å²) in [4.78, 5) is 11.3. The summed E-state index contributed by atoms with van der Waals surface area (Å²) in [7, 11) is 0. The molecule has 98 valence electrons. The third kappa shape index (κ3) is 3.10. The van der Waals surface area contributed by atoms with Crippen molar-refractivity contribution < 1.29 is 9.90 Å². The van der Waals surface area contributed by atoms with Crippen LogP contribution in [0.2, 0.25) is 0 Å². The second kappa shape index (κ2) is 5.53. The third-order valence-electron chi connectivity index (χ3n) is 3.96. The van der Waals surface area contributed by atoms with E-state index in [-0.39, 0.29) is 0 Å². The van der Waals surface area contributed by atoms with E-state index in [4.69, 9.17) is 0 Å². The Morgan fingerprint density at radius 1 is 1.39 bits per heavy atom. The number of carboxylic acids is 1. The van der Waals surface area contributed by atoms with E-state index in [1.165, 1.54) is 19.3 Å². The Kier molecular flexibility index (Phi) is 4.02. The summed E-state index contributed by atoms with van der Waals surface area (Å²) in [6.07, 6.45) is 3.81. The molecule has 0 spiro atoms. The Balaban J connectivity index is 1.89. The molecule has 1 fully saturated rings. The van der Waals surface area contributed by atoms with Crippen LogP contribution in [-0.4, -0.2) is 24.2 Å².